The van der Waals surface area contributed by atoms with Crippen molar-refractivity contribution in [3.05, 3.63) is 64.9 Å². The van der Waals surface area contributed by atoms with Crippen LogP contribution >= 0.6 is 11.6 Å². The topological polar surface area (TPSA) is 54.5 Å². The lowest BCUT2D eigenvalue weighted by molar-refractivity contribution is 0.0523. The van der Waals surface area contributed by atoms with E-state index in [2.05, 4.69) is 10.3 Å². The van der Waals surface area contributed by atoms with Crippen molar-refractivity contribution in [2.45, 2.75) is 24.9 Å². The van der Waals surface area contributed by atoms with Crippen LogP contribution in [0.5, 0.6) is 0 Å². The Hall–Kier alpha value is -2.11. The van der Waals surface area contributed by atoms with Gasteiger partial charge in [0.05, 0.1) is 6.04 Å². The summed E-state index contributed by atoms with van der Waals surface area (Å²) in [4.78, 5) is 18.6. The number of nitrogens with one attached hydrogen (secondary N) is 1. The van der Waals surface area contributed by atoms with Gasteiger partial charge in [-0.25, -0.2) is 4.79 Å². The van der Waals surface area contributed by atoms with E-state index in [1.165, 1.54) is 0 Å². The van der Waals surface area contributed by atoms with Crippen LogP contribution in [0.15, 0.2) is 48.8 Å². The highest BCUT2D eigenvalue weighted by atomic mass is 35.5. The molecule has 1 aromatic heterocycles. The summed E-state index contributed by atoms with van der Waals surface area (Å²) in [5, 5.41) is 3.81. The first-order chi connectivity index (χ1) is 12.1. The molecule has 132 valence electrons. The number of benzene rings is 1. The second kappa shape index (κ2) is 8.32. The Bertz CT molecular complexity index is 688. The third kappa shape index (κ3) is 4.50. The molecule has 1 atom stereocenters. The Morgan fingerprint density at radius 1 is 1.16 bits per heavy atom. The molecule has 1 saturated heterocycles. The first kappa shape index (κ1) is 17.7. The van der Waals surface area contributed by atoms with Gasteiger partial charge in [0.15, 0.2) is 0 Å². The number of ether oxygens (including phenoxy) is 1. The molecule has 2 aromatic rings. The monoisotopic (exact) mass is 359 g/mol. The molecule has 2 amide bonds. The molecule has 5 nitrogen and oxygen atoms in total. The average Bonchev–Trinajstić information content (AvgIpc) is 2.67. The van der Waals surface area contributed by atoms with E-state index in [1.54, 1.807) is 17.3 Å². The predicted molar refractivity (Wildman–Crippen MR) is 97.7 cm³/mol. The molecular formula is C19H22ClN3O2. The maximum Gasteiger partial charge on any atom is 0.318 e. The van der Waals surface area contributed by atoms with E-state index in [0.717, 1.165) is 24.0 Å². The van der Waals surface area contributed by atoms with Crippen LogP contribution < -0.4 is 5.32 Å². The van der Waals surface area contributed by atoms with Gasteiger partial charge in [-0.05, 0) is 48.2 Å². The van der Waals surface area contributed by atoms with Crippen LogP contribution in [0.3, 0.4) is 0 Å². The number of pyridine rings is 1. The lowest BCUT2D eigenvalue weighted by Crippen LogP contribution is -2.47. The second-order valence-corrected chi connectivity index (χ2v) is 6.61. The molecule has 1 aromatic carbocycles. The fraction of sp³-hybridized carbons (Fsp3) is 0.368. The van der Waals surface area contributed by atoms with Crippen molar-refractivity contribution in [2.75, 3.05) is 20.3 Å². The molecule has 0 unspecified atom stereocenters. The normalized spacial score (nSPS) is 16.2. The van der Waals surface area contributed by atoms with Gasteiger partial charge in [-0.1, -0.05) is 23.7 Å². The summed E-state index contributed by atoms with van der Waals surface area (Å²) in [6, 6.07) is 11.2. The van der Waals surface area contributed by atoms with Gasteiger partial charge < -0.3 is 15.0 Å². The number of halogens is 1. The highest BCUT2D eigenvalue weighted by molar-refractivity contribution is 6.30. The summed E-state index contributed by atoms with van der Waals surface area (Å²) < 4.78 is 5.38. The molecule has 1 aliphatic rings. The molecule has 1 fully saturated rings. The lowest BCUT2D eigenvalue weighted by atomic mass is 10.00. The summed E-state index contributed by atoms with van der Waals surface area (Å²) in [6.07, 6.45) is 5.19. The van der Waals surface area contributed by atoms with E-state index < -0.39 is 0 Å². The fourth-order valence-electron chi connectivity index (χ4n) is 3.03. The molecule has 6 heteroatoms. The summed E-state index contributed by atoms with van der Waals surface area (Å²) in [5.74, 6) is 0. The molecule has 1 aliphatic heterocycles. The van der Waals surface area contributed by atoms with Crippen molar-refractivity contribution in [3.63, 3.8) is 0 Å². The van der Waals surface area contributed by atoms with Crippen LogP contribution in [-0.4, -0.2) is 42.2 Å². The molecular weight excluding hydrogens is 338 g/mol. The number of nitrogens with zero attached hydrogens (tertiary/aromatic N) is 2. The maximum absolute atomic E-state index is 12.8. The zero-order valence-corrected chi connectivity index (χ0v) is 14.9. The summed E-state index contributed by atoms with van der Waals surface area (Å²) >= 11 is 6.00. The SMILES string of the molecule is CN(C(=O)N[C@@H](c1ccncc1)c1ccc(Cl)cc1)C1CCOCC1. The number of amides is 2. The van der Waals surface area contributed by atoms with Gasteiger partial charge in [-0.2, -0.15) is 0 Å². The quantitative estimate of drug-likeness (QED) is 0.906. The average molecular weight is 360 g/mol. The van der Waals surface area contributed by atoms with E-state index in [-0.39, 0.29) is 18.1 Å². The predicted octanol–water partition coefficient (Wildman–Crippen LogP) is 3.64. The van der Waals surface area contributed by atoms with E-state index in [1.807, 2.05) is 43.4 Å². The second-order valence-electron chi connectivity index (χ2n) is 6.17. The zero-order chi connectivity index (χ0) is 17.6. The summed E-state index contributed by atoms with van der Waals surface area (Å²) in [5.41, 5.74) is 1.95. The molecule has 0 spiro atoms. The van der Waals surface area contributed by atoms with Crippen molar-refractivity contribution in [2.24, 2.45) is 0 Å². The van der Waals surface area contributed by atoms with Gasteiger partial charge in [0.25, 0.3) is 0 Å². The maximum atomic E-state index is 12.8. The number of urea groups is 1. The van der Waals surface area contributed by atoms with Gasteiger partial charge in [-0.15, -0.1) is 0 Å². The molecule has 1 N–H and O–H groups in total. The van der Waals surface area contributed by atoms with Crippen LogP contribution in [0.25, 0.3) is 0 Å². The number of carbonyl (C=O) groups excluding carboxylic acids is 1. The van der Waals surface area contributed by atoms with Crippen molar-refractivity contribution < 1.29 is 9.53 Å². The molecule has 2 heterocycles. The number of hydrogen-bond donors (Lipinski definition) is 1. The largest absolute Gasteiger partial charge is 0.381 e. The molecule has 0 saturated carbocycles. The minimum Gasteiger partial charge on any atom is -0.381 e. The molecule has 0 bridgehead atoms. The minimum atomic E-state index is -0.255. The standard InChI is InChI=1S/C19H22ClN3O2/c1-23(17-8-12-25-13-9-17)19(24)22-18(15-6-10-21-11-7-15)14-2-4-16(20)5-3-14/h2-7,10-11,17-18H,8-9,12-13H2,1H3,(H,22,24)/t18-/m1/s1. The Morgan fingerprint density at radius 2 is 1.76 bits per heavy atom. The van der Waals surface area contributed by atoms with Crippen LogP contribution in [0.4, 0.5) is 4.79 Å². The van der Waals surface area contributed by atoms with Gasteiger partial charge in [-0.3, -0.25) is 4.98 Å². The Kier molecular flexibility index (Phi) is 5.89. The van der Waals surface area contributed by atoms with Crippen LogP contribution in [0.2, 0.25) is 5.02 Å². The first-order valence-corrected chi connectivity index (χ1v) is 8.79. The van der Waals surface area contributed by atoms with Gasteiger partial charge in [0.2, 0.25) is 0 Å². The Labute approximate surface area is 153 Å². The third-order valence-electron chi connectivity index (χ3n) is 4.57. The summed E-state index contributed by atoms with van der Waals surface area (Å²) in [7, 11) is 1.84. The van der Waals surface area contributed by atoms with Crippen molar-refractivity contribution >= 4 is 17.6 Å². The Morgan fingerprint density at radius 3 is 2.40 bits per heavy atom. The highest BCUT2D eigenvalue weighted by Gasteiger charge is 2.25. The van der Waals surface area contributed by atoms with Crippen LogP contribution in [0, 0.1) is 0 Å². The third-order valence-corrected chi connectivity index (χ3v) is 4.82. The summed E-state index contributed by atoms with van der Waals surface area (Å²) in [6.45, 7) is 1.40. The van der Waals surface area contributed by atoms with E-state index >= 15 is 0 Å². The van der Waals surface area contributed by atoms with Crippen molar-refractivity contribution in [1.82, 2.24) is 15.2 Å². The van der Waals surface area contributed by atoms with E-state index in [0.29, 0.717) is 18.2 Å². The fourth-order valence-corrected chi connectivity index (χ4v) is 3.16. The number of rotatable bonds is 4. The smallest absolute Gasteiger partial charge is 0.318 e. The van der Waals surface area contributed by atoms with Gasteiger partial charge in [0, 0.05) is 43.7 Å². The van der Waals surface area contributed by atoms with Crippen molar-refractivity contribution in [1.29, 1.82) is 0 Å². The molecule has 25 heavy (non-hydrogen) atoms. The number of carbonyl (C=O) groups is 1. The number of hydrogen-bond acceptors (Lipinski definition) is 3. The minimum absolute atomic E-state index is 0.0938. The molecule has 0 aliphatic carbocycles. The van der Waals surface area contributed by atoms with Crippen LogP contribution in [0.1, 0.15) is 30.0 Å². The molecule has 0 radical (unpaired) electrons. The number of aromatic nitrogens is 1. The van der Waals surface area contributed by atoms with Crippen molar-refractivity contribution in [3.8, 4) is 0 Å². The van der Waals surface area contributed by atoms with Gasteiger partial charge >= 0.3 is 6.03 Å². The first-order valence-electron chi connectivity index (χ1n) is 8.41. The zero-order valence-electron chi connectivity index (χ0n) is 14.2. The lowest BCUT2D eigenvalue weighted by Gasteiger charge is -2.32. The molecule has 3 rings (SSSR count). The van der Waals surface area contributed by atoms with Gasteiger partial charge in [0.1, 0.15) is 0 Å². The van der Waals surface area contributed by atoms with E-state index in [9.17, 15) is 4.79 Å². The highest BCUT2D eigenvalue weighted by Crippen LogP contribution is 2.24. The van der Waals surface area contributed by atoms with Crippen LogP contribution in [-0.2, 0) is 4.74 Å². The van der Waals surface area contributed by atoms with E-state index in [4.69, 9.17) is 16.3 Å². The Balaban J connectivity index is 1.79.